The third kappa shape index (κ3) is 6.00. The Morgan fingerprint density at radius 2 is 1.90 bits per heavy atom. The van der Waals surface area contributed by atoms with Gasteiger partial charge < -0.3 is 10.6 Å². The molecule has 2 atom stereocenters. The number of nitrogens with two attached hydrogens (primary N) is 1. The van der Waals surface area contributed by atoms with Gasteiger partial charge >= 0.3 is 6.18 Å². The largest absolute Gasteiger partial charge is 0.401 e. The summed E-state index contributed by atoms with van der Waals surface area (Å²) < 4.78 is 37.2. The van der Waals surface area contributed by atoms with E-state index in [0.29, 0.717) is 19.5 Å². The minimum absolute atomic E-state index is 0. The molecule has 0 aromatic heterocycles. The third-order valence-corrected chi connectivity index (χ3v) is 3.69. The molecule has 0 aromatic rings. The SMILES string of the molecule is CCCC(C)(N)C(=O)N1CCN(CC(F)(F)F)C(C)C1.Cl. The summed E-state index contributed by atoms with van der Waals surface area (Å²) in [7, 11) is 0. The molecule has 1 fully saturated rings. The van der Waals surface area contributed by atoms with E-state index in [1.54, 1.807) is 18.7 Å². The van der Waals surface area contributed by atoms with Crippen LogP contribution in [0.5, 0.6) is 0 Å². The van der Waals surface area contributed by atoms with Gasteiger partial charge in [0.1, 0.15) is 0 Å². The summed E-state index contributed by atoms with van der Waals surface area (Å²) in [5.74, 6) is -0.169. The van der Waals surface area contributed by atoms with Crippen molar-refractivity contribution in [1.82, 2.24) is 9.80 Å². The van der Waals surface area contributed by atoms with Gasteiger partial charge in [0, 0.05) is 25.7 Å². The third-order valence-electron chi connectivity index (χ3n) is 3.69. The summed E-state index contributed by atoms with van der Waals surface area (Å²) in [5.41, 5.74) is 5.07. The van der Waals surface area contributed by atoms with Crippen LogP contribution in [-0.2, 0) is 4.79 Å². The fraction of sp³-hybridized carbons (Fsp3) is 0.923. The smallest absolute Gasteiger partial charge is 0.338 e. The quantitative estimate of drug-likeness (QED) is 0.857. The van der Waals surface area contributed by atoms with Gasteiger partial charge in [0.15, 0.2) is 0 Å². The van der Waals surface area contributed by atoms with E-state index in [2.05, 4.69) is 0 Å². The average molecular weight is 332 g/mol. The molecule has 0 bridgehead atoms. The van der Waals surface area contributed by atoms with Crippen molar-refractivity contribution >= 4 is 18.3 Å². The zero-order valence-electron chi connectivity index (χ0n) is 12.7. The fourth-order valence-corrected chi connectivity index (χ4v) is 2.63. The van der Waals surface area contributed by atoms with Crippen LogP contribution >= 0.6 is 12.4 Å². The van der Waals surface area contributed by atoms with Crippen LogP contribution in [-0.4, -0.2) is 59.6 Å². The maximum Gasteiger partial charge on any atom is 0.401 e. The molecule has 1 aliphatic heterocycles. The number of carbonyl (C=O) groups excluding carboxylic acids is 1. The highest BCUT2D eigenvalue weighted by Gasteiger charge is 2.38. The molecule has 126 valence electrons. The zero-order chi connectivity index (χ0) is 15.6. The Morgan fingerprint density at radius 1 is 1.33 bits per heavy atom. The molecular weight excluding hydrogens is 307 g/mol. The van der Waals surface area contributed by atoms with E-state index in [-0.39, 0.29) is 30.9 Å². The highest BCUT2D eigenvalue weighted by atomic mass is 35.5. The van der Waals surface area contributed by atoms with Crippen molar-refractivity contribution in [3.05, 3.63) is 0 Å². The summed E-state index contributed by atoms with van der Waals surface area (Å²) >= 11 is 0. The Labute approximate surface area is 130 Å². The molecule has 0 saturated carbocycles. The number of hydrogen-bond acceptors (Lipinski definition) is 3. The number of nitrogens with zero attached hydrogens (tertiary/aromatic N) is 2. The van der Waals surface area contributed by atoms with Gasteiger partial charge in [-0.1, -0.05) is 13.3 Å². The summed E-state index contributed by atoms with van der Waals surface area (Å²) in [6.07, 6.45) is -2.84. The number of halogens is 4. The van der Waals surface area contributed by atoms with Crippen molar-refractivity contribution < 1.29 is 18.0 Å². The Balaban J connectivity index is 0.00000400. The van der Waals surface area contributed by atoms with Crippen molar-refractivity contribution in [3.8, 4) is 0 Å². The maximum absolute atomic E-state index is 12.4. The van der Waals surface area contributed by atoms with E-state index in [9.17, 15) is 18.0 Å². The molecule has 0 aliphatic carbocycles. The lowest BCUT2D eigenvalue weighted by atomic mass is 9.95. The molecule has 8 heteroatoms. The van der Waals surface area contributed by atoms with Gasteiger partial charge in [-0.15, -0.1) is 12.4 Å². The molecular formula is C13H25ClF3N3O. The van der Waals surface area contributed by atoms with Crippen LogP contribution in [0.4, 0.5) is 13.2 Å². The van der Waals surface area contributed by atoms with Crippen molar-refractivity contribution in [1.29, 1.82) is 0 Å². The first-order valence-corrected chi connectivity index (χ1v) is 6.96. The van der Waals surface area contributed by atoms with Gasteiger partial charge in [-0.2, -0.15) is 13.2 Å². The van der Waals surface area contributed by atoms with Crippen LogP contribution < -0.4 is 5.73 Å². The van der Waals surface area contributed by atoms with Crippen LogP contribution in [0.1, 0.15) is 33.6 Å². The van der Waals surface area contributed by atoms with E-state index in [0.717, 1.165) is 6.42 Å². The minimum Gasteiger partial charge on any atom is -0.338 e. The standard InChI is InChI=1S/C13H24F3N3O.ClH/c1-4-5-12(3,17)11(20)18-6-7-19(10(2)8-18)9-13(14,15)16;/h10H,4-9,17H2,1-3H3;1H. The van der Waals surface area contributed by atoms with E-state index in [1.807, 2.05) is 6.92 Å². The summed E-state index contributed by atoms with van der Waals surface area (Å²) in [5, 5.41) is 0. The number of piperazine rings is 1. The molecule has 2 N–H and O–H groups in total. The molecule has 4 nitrogen and oxygen atoms in total. The molecule has 21 heavy (non-hydrogen) atoms. The summed E-state index contributed by atoms with van der Waals surface area (Å²) in [6, 6.07) is -0.313. The maximum atomic E-state index is 12.4. The number of hydrogen-bond donors (Lipinski definition) is 1. The second kappa shape index (κ2) is 7.65. The van der Waals surface area contributed by atoms with Crippen molar-refractivity contribution in [2.24, 2.45) is 5.73 Å². The lowest BCUT2D eigenvalue weighted by molar-refractivity contribution is -0.158. The van der Waals surface area contributed by atoms with Crippen LogP contribution in [0.25, 0.3) is 0 Å². The molecule has 1 heterocycles. The average Bonchev–Trinajstić information content (AvgIpc) is 2.29. The van der Waals surface area contributed by atoms with Crippen molar-refractivity contribution in [2.45, 2.75) is 51.4 Å². The van der Waals surface area contributed by atoms with Crippen LogP contribution in [0, 0.1) is 0 Å². The Morgan fingerprint density at radius 3 is 2.33 bits per heavy atom. The molecule has 1 rings (SSSR count). The normalized spacial score (nSPS) is 23.4. The van der Waals surface area contributed by atoms with Gasteiger partial charge in [0.2, 0.25) is 5.91 Å². The van der Waals surface area contributed by atoms with Crippen LogP contribution in [0.2, 0.25) is 0 Å². The molecule has 1 aliphatic rings. The molecule has 1 amide bonds. The second-order valence-corrected chi connectivity index (χ2v) is 5.85. The Bertz CT molecular complexity index is 350. The van der Waals surface area contributed by atoms with E-state index in [4.69, 9.17) is 5.73 Å². The Kier molecular flexibility index (Phi) is 7.45. The van der Waals surface area contributed by atoms with Gasteiger partial charge in [-0.05, 0) is 20.3 Å². The highest BCUT2D eigenvalue weighted by Crippen LogP contribution is 2.22. The van der Waals surface area contributed by atoms with Gasteiger partial charge in [0.25, 0.3) is 0 Å². The predicted molar refractivity (Wildman–Crippen MR) is 78.4 cm³/mol. The van der Waals surface area contributed by atoms with Crippen LogP contribution in [0.15, 0.2) is 0 Å². The first-order chi connectivity index (χ1) is 9.07. The van der Waals surface area contributed by atoms with Crippen molar-refractivity contribution in [2.75, 3.05) is 26.2 Å². The molecule has 1 saturated heterocycles. The topological polar surface area (TPSA) is 49.6 Å². The van der Waals surface area contributed by atoms with Crippen molar-refractivity contribution in [3.63, 3.8) is 0 Å². The predicted octanol–water partition coefficient (Wildman–Crippen LogP) is 2.02. The van der Waals surface area contributed by atoms with E-state index >= 15 is 0 Å². The highest BCUT2D eigenvalue weighted by molar-refractivity contribution is 5.86. The molecule has 0 aromatic carbocycles. The lowest BCUT2D eigenvalue weighted by Crippen LogP contribution is -2.61. The zero-order valence-corrected chi connectivity index (χ0v) is 13.6. The minimum atomic E-state index is -4.20. The van der Waals surface area contributed by atoms with Gasteiger partial charge in [-0.3, -0.25) is 9.69 Å². The summed E-state index contributed by atoms with van der Waals surface area (Å²) in [6.45, 7) is 5.24. The number of rotatable bonds is 4. The molecule has 2 unspecified atom stereocenters. The molecule has 0 spiro atoms. The monoisotopic (exact) mass is 331 g/mol. The van der Waals surface area contributed by atoms with Gasteiger partial charge in [-0.25, -0.2) is 0 Å². The number of carbonyl (C=O) groups is 1. The number of amides is 1. The summed E-state index contributed by atoms with van der Waals surface area (Å²) in [4.78, 5) is 15.3. The lowest BCUT2D eigenvalue weighted by Gasteiger charge is -2.42. The second-order valence-electron chi connectivity index (χ2n) is 5.85. The first-order valence-electron chi connectivity index (χ1n) is 6.96. The van der Waals surface area contributed by atoms with E-state index < -0.39 is 18.3 Å². The molecule has 0 radical (unpaired) electrons. The first kappa shape index (κ1) is 20.5. The Hall–Kier alpha value is -0.530. The van der Waals surface area contributed by atoms with Gasteiger partial charge in [0.05, 0.1) is 12.1 Å². The van der Waals surface area contributed by atoms with E-state index in [1.165, 1.54) is 4.90 Å². The fourth-order valence-electron chi connectivity index (χ4n) is 2.63. The number of alkyl halides is 3. The van der Waals surface area contributed by atoms with Crippen LogP contribution in [0.3, 0.4) is 0 Å².